The molecule has 4 nitrogen and oxygen atoms in total. The Morgan fingerprint density at radius 1 is 1.50 bits per heavy atom. The minimum Gasteiger partial charge on any atom is -0.395 e. The number of aliphatic hydroxyl groups excluding tert-OH is 1. The summed E-state index contributed by atoms with van der Waals surface area (Å²) in [6, 6.07) is -0.124. The SMILES string of the molecule is CC1CCN(C(=O)C(C)N(C)CCO)CC1. The standard InChI is InChI=1S/C12H24N2O2/c1-10-4-6-14(7-5-10)12(16)11(2)13(3)8-9-15/h10-11,15H,4-9H2,1-3H3. The summed E-state index contributed by atoms with van der Waals surface area (Å²) in [5.74, 6) is 0.942. The minimum absolute atomic E-state index is 0.102. The van der Waals surface area contributed by atoms with E-state index in [1.165, 1.54) is 0 Å². The summed E-state index contributed by atoms with van der Waals surface area (Å²) in [4.78, 5) is 16.0. The number of likely N-dealkylation sites (N-methyl/N-ethyl adjacent to an activating group) is 1. The number of amides is 1. The highest BCUT2D eigenvalue weighted by Gasteiger charge is 2.26. The van der Waals surface area contributed by atoms with Crippen LogP contribution in [0.4, 0.5) is 0 Å². The predicted molar refractivity (Wildman–Crippen MR) is 64.2 cm³/mol. The molecule has 0 aliphatic carbocycles. The molecule has 1 heterocycles. The second-order valence-electron chi connectivity index (χ2n) is 4.89. The van der Waals surface area contributed by atoms with Crippen LogP contribution in [0.1, 0.15) is 26.7 Å². The Morgan fingerprint density at radius 3 is 2.56 bits per heavy atom. The third-order valence-electron chi connectivity index (χ3n) is 3.57. The molecule has 0 aromatic carbocycles. The zero-order valence-corrected chi connectivity index (χ0v) is 10.6. The Morgan fingerprint density at radius 2 is 2.06 bits per heavy atom. The van der Waals surface area contributed by atoms with E-state index in [0.717, 1.165) is 31.8 Å². The summed E-state index contributed by atoms with van der Waals surface area (Å²) >= 11 is 0. The van der Waals surface area contributed by atoms with Gasteiger partial charge >= 0.3 is 0 Å². The molecule has 4 heteroatoms. The first-order chi connectivity index (χ1) is 7.56. The van der Waals surface area contributed by atoms with E-state index in [2.05, 4.69) is 6.92 Å². The highest BCUT2D eigenvalue weighted by Crippen LogP contribution is 2.17. The molecule has 0 aromatic rings. The molecule has 1 amide bonds. The van der Waals surface area contributed by atoms with Gasteiger partial charge in [0.1, 0.15) is 0 Å². The highest BCUT2D eigenvalue weighted by atomic mass is 16.3. The number of nitrogens with zero attached hydrogens (tertiary/aromatic N) is 2. The van der Waals surface area contributed by atoms with Gasteiger partial charge in [-0.25, -0.2) is 0 Å². The first-order valence-corrected chi connectivity index (χ1v) is 6.16. The molecular weight excluding hydrogens is 204 g/mol. The van der Waals surface area contributed by atoms with Crippen molar-refractivity contribution in [1.29, 1.82) is 0 Å². The Bertz CT molecular complexity index is 221. The van der Waals surface area contributed by atoms with Gasteiger partial charge in [-0.05, 0) is 32.7 Å². The summed E-state index contributed by atoms with van der Waals surface area (Å²) in [5, 5.41) is 8.85. The quantitative estimate of drug-likeness (QED) is 0.764. The zero-order chi connectivity index (χ0) is 12.1. The molecule has 0 bridgehead atoms. The number of hydrogen-bond acceptors (Lipinski definition) is 3. The fraction of sp³-hybridized carbons (Fsp3) is 0.917. The van der Waals surface area contributed by atoms with Gasteiger partial charge in [0.05, 0.1) is 12.6 Å². The molecule has 0 radical (unpaired) electrons. The normalized spacial score (nSPS) is 20.2. The lowest BCUT2D eigenvalue weighted by molar-refractivity contribution is -0.137. The molecular formula is C12H24N2O2. The fourth-order valence-corrected chi connectivity index (χ4v) is 2.03. The van der Waals surface area contributed by atoms with Gasteiger partial charge in [0.25, 0.3) is 0 Å². The van der Waals surface area contributed by atoms with E-state index in [-0.39, 0.29) is 18.6 Å². The maximum atomic E-state index is 12.1. The third-order valence-corrected chi connectivity index (χ3v) is 3.57. The molecule has 0 saturated carbocycles. The molecule has 0 spiro atoms. The molecule has 1 fully saturated rings. The lowest BCUT2D eigenvalue weighted by Crippen LogP contribution is -2.48. The maximum absolute atomic E-state index is 12.1. The summed E-state index contributed by atoms with van der Waals surface area (Å²) < 4.78 is 0. The smallest absolute Gasteiger partial charge is 0.239 e. The van der Waals surface area contributed by atoms with Crippen molar-refractivity contribution >= 4 is 5.91 Å². The number of carbonyl (C=O) groups is 1. The Labute approximate surface area is 98.2 Å². The second-order valence-corrected chi connectivity index (χ2v) is 4.89. The highest BCUT2D eigenvalue weighted by molar-refractivity contribution is 5.81. The number of likely N-dealkylation sites (tertiary alicyclic amines) is 1. The van der Waals surface area contributed by atoms with Crippen LogP contribution in [-0.4, -0.2) is 60.1 Å². The number of piperidine rings is 1. The summed E-state index contributed by atoms with van der Waals surface area (Å²) in [6.07, 6.45) is 2.23. The molecule has 94 valence electrons. The van der Waals surface area contributed by atoms with E-state index in [1.807, 2.05) is 23.8 Å². The number of rotatable bonds is 4. The van der Waals surface area contributed by atoms with Crippen LogP contribution in [-0.2, 0) is 4.79 Å². The fourth-order valence-electron chi connectivity index (χ4n) is 2.03. The second kappa shape index (κ2) is 6.21. The summed E-state index contributed by atoms with van der Waals surface area (Å²) in [7, 11) is 1.88. The van der Waals surface area contributed by atoms with Crippen molar-refractivity contribution in [3.8, 4) is 0 Å². The van der Waals surface area contributed by atoms with Crippen molar-refractivity contribution in [2.45, 2.75) is 32.7 Å². The largest absolute Gasteiger partial charge is 0.395 e. The maximum Gasteiger partial charge on any atom is 0.239 e. The number of hydrogen-bond donors (Lipinski definition) is 1. The third kappa shape index (κ3) is 3.46. The van der Waals surface area contributed by atoms with Crippen LogP contribution in [0.3, 0.4) is 0 Å². The topological polar surface area (TPSA) is 43.8 Å². The van der Waals surface area contributed by atoms with Crippen LogP contribution >= 0.6 is 0 Å². The van der Waals surface area contributed by atoms with Gasteiger partial charge in [-0.1, -0.05) is 6.92 Å². The van der Waals surface area contributed by atoms with E-state index < -0.39 is 0 Å². The van der Waals surface area contributed by atoms with Gasteiger partial charge in [0.2, 0.25) is 5.91 Å². The average molecular weight is 228 g/mol. The van der Waals surface area contributed by atoms with E-state index in [1.54, 1.807) is 0 Å². The molecule has 1 atom stereocenters. The number of aliphatic hydroxyl groups is 1. The molecule has 1 aliphatic heterocycles. The van der Waals surface area contributed by atoms with Crippen LogP contribution in [0.15, 0.2) is 0 Å². The minimum atomic E-state index is -0.124. The molecule has 1 N–H and O–H groups in total. The predicted octanol–water partition coefficient (Wildman–Crippen LogP) is 0.557. The van der Waals surface area contributed by atoms with Crippen LogP contribution < -0.4 is 0 Å². The molecule has 0 aromatic heterocycles. The van der Waals surface area contributed by atoms with Gasteiger partial charge < -0.3 is 10.0 Å². The van der Waals surface area contributed by atoms with Gasteiger partial charge in [-0.2, -0.15) is 0 Å². The Hall–Kier alpha value is -0.610. The van der Waals surface area contributed by atoms with Crippen molar-refractivity contribution in [3.63, 3.8) is 0 Å². The zero-order valence-electron chi connectivity index (χ0n) is 10.6. The first kappa shape index (κ1) is 13.5. The van der Waals surface area contributed by atoms with Crippen molar-refractivity contribution < 1.29 is 9.90 Å². The van der Waals surface area contributed by atoms with Crippen molar-refractivity contribution in [2.24, 2.45) is 5.92 Å². The molecule has 1 saturated heterocycles. The van der Waals surface area contributed by atoms with Gasteiger partial charge in [0, 0.05) is 19.6 Å². The van der Waals surface area contributed by atoms with Gasteiger partial charge in [-0.15, -0.1) is 0 Å². The summed E-state index contributed by atoms with van der Waals surface area (Å²) in [6.45, 7) is 6.58. The van der Waals surface area contributed by atoms with Gasteiger partial charge in [-0.3, -0.25) is 9.69 Å². The molecule has 1 unspecified atom stereocenters. The van der Waals surface area contributed by atoms with Crippen LogP contribution in [0, 0.1) is 5.92 Å². The Kier molecular flexibility index (Phi) is 5.22. The van der Waals surface area contributed by atoms with Crippen LogP contribution in [0.2, 0.25) is 0 Å². The van der Waals surface area contributed by atoms with Crippen LogP contribution in [0.25, 0.3) is 0 Å². The van der Waals surface area contributed by atoms with E-state index >= 15 is 0 Å². The lowest BCUT2D eigenvalue weighted by Gasteiger charge is -2.34. The van der Waals surface area contributed by atoms with Gasteiger partial charge in [0.15, 0.2) is 0 Å². The number of carbonyl (C=O) groups excluding carboxylic acids is 1. The first-order valence-electron chi connectivity index (χ1n) is 6.16. The van der Waals surface area contributed by atoms with Crippen molar-refractivity contribution in [3.05, 3.63) is 0 Å². The summed E-state index contributed by atoms with van der Waals surface area (Å²) in [5.41, 5.74) is 0. The average Bonchev–Trinajstić information content (AvgIpc) is 2.28. The molecule has 1 aliphatic rings. The van der Waals surface area contributed by atoms with E-state index in [4.69, 9.17) is 5.11 Å². The van der Waals surface area contributed by atoms with E-state index in [0.29, 0.717) is 6.54 Å². The van der Waals surface area contributed by atoms with E-state index in [9.17, 15) is 4.79 Å². The molecule has 1 rings (SSSR count). The van der Waals surface area contributed by atoms with Crippen molar-refractivity contribution in [2.75, 3.05) is 33.3 Å². The lowest BCUT2D eigenvalue weighted by atomic mass is 9.99. The van der Waals surface area contributed by atoms with Crippen molar-refractivity contribution in [1.82, 2.24) is 9.80 Å². The monoisotopic (exact) mass is 228 g/mol. The Balaban J connectivity index is 2.44. The van der Waals surface area contributed by atoms with Crippen LogP contribution in [0.5, 0.6) is 0 Å². The molecule has 16 heavy (non-hydrogen) atoms.